The summed E-state index contributed by atoms with van der Waals surface area (Å²) >= 11 is 0. The van der Waals surface area contributed by atoms with Gasteiger partial charge in [0.2, 0.25) is 0 Å². The second-order valence-electron chi connectivity index (χ2n) is 5.57. The normalized spacial score (nSPS) is 19.1. The van der Waals surface area contributed by atoms with Gasteiger partial charge < -0.3 is 15.4 Å². The van der Waals surface area contributed by atoms with Crippen molar-refractivity contribution in [1.29, 1.82) is 5.26 Å². The molecular weight excluding hydrogens is 315 g/mol. The predicted molar refractivity (Wildman–Crippen MR) is 82.8 cm³/mol. The summed E-state index contributed by atoms with van der Waals surface area (Å²) in [6.07, 6.45) is -0.0188. The van der Waals surface area contributed by atoms with E-state index in [2.05, 4.69) is 15.3 Å². The third-order valence-corrected chi connectivity index (χ3v) is 3.80. The Bertz CT molecular complexity index is 913. The van der Waals surface area contributed by atoms with E-state index in [-0.39, 0.29) is 29.5 Å². The Labute approximate surface area is 136 Å². The number of halogens is 1. The molecule has 0 spiro atoms. The van der Waals surface area contributed by atoms with Gasteiger partial charge in [0.15, 0.2) is 11.7 Å². The van der Waals surface area contributed by atoms with Gasteiger partial charge in [0, 0.05) is 11.3 Å². The van der Waals surface area contributed by atoms with Crippen LogP contribution in [0.3, 0.4) is 0 Å². The lowest BCUT2D eigenvalue weighted by atomic mass is 9.90. The molecule has 4 N–H and O–H groups in total. The number of amides is 1. The molecule has 0 aliphatic carbocycles. The van der Waals surface area contributed by atoms with Gasteiger partial charge in [-0.15, -0.1) is 0 Å². The Hall–Kier alpha value is -3.41. The smallest absolute Gasteiger partial charge is 0.410 e. The molecule has 1 aliphatic heterocycles. The second-order valence-corrected chi connectivity index (χ2v) is 5.57. The first-order valence-electron chi connectivity index (χ1n) is 6.95. The van der Waals surface area contributed by atoms with Crippen LogP contribution in [-0.4, -0.2) is 26.6 Å². The summed E-state index contributed by atoms with van der Waals surface area (Å²) < 4.78 is 15.8. The Kier molecular flexibility index (Phi) is 3.45. The highest BCUT2D eigenvalue weighted by Crippen LogP contribution is 2.35. The van der Waals surface area contributed by atoms with E-state index in [1.165, 1.54) is 29.0 Å². The van der Waals surface area contributed by atoms with Gasteiger partial charge in [0.25, 0.3) is 0 Å². The number of rotatable bonds is 1. The van der Waals surface area contributed by atoms with E-state index in [1.54, 1.807) is 6.92 Å². The molecule has 1 aromatic heterocycles. The molecule has 1 unspecified atom stereocenters. The molecule has 1 aliphatic rings. The number of aromatic nitrogens is 2. The number of carbonyl (C=O) groups is 1. The van der Waals surface area contributed by atoms with E-state index in [9.17, 15) is 14.4 Å². The van der Waals surface area contributed by atoms with Crippen LogP contribution >= 0.6 is 0 Å². The minimum Gasteiger partial charge on any atom is -0.465 e. The van der Waals surface area contributed by atoms with Crippen LogP contribution in [0.2, 0.25) is 0 Å². The Morgan fingerprint density at radius 3 is 3.00 bits per heavy atom. The number of hydrogen-bond donors (Lipinski definition) is 3. The van der Waals surface area contributed by atoms with Crippen LogP contribution in [0.15, 0.2) is 29.4 Å². The molecule has 24 heavy (non-hydrogen) atoms. The van der Waals surface area contributed by atoms with Crippen molar-refractivity contribution in [1.82, 2.24) is 14.9 Å². The number of nitrogens with one attached hydrogen (secondary N) is 1. The number of nitriles is 1. The van der Waals surface area contributed by atoms with Crippen molar-refractivity contribution in [3.05, 3.63) is 47.3 Å². The zero-order valence-electron chi connectivity index (χ0n) is 12.6. The van der Waals surface area contributed by atoms with E-state index in [0.717, 1.165) is 0 Å². The summed E-state index contributed by atoms with van der Waals surface area (Å²) in [5.74, 6) is -0.373. The standard InChI is InChI=1S/C15H13FN6O2/c1-15(10-4-8(18)2-3-11(10)16)7-22-9(5-17)6-19-13(22)12(21-15)20-14(23)24/h2-4,6H,7,18H2,1H3,(H,20,21)(H,23,24). The fourth-order valence-electron chi connectivity index (χ4n) is 2.74. The molecule has 1 aromatic carbocycles. The number of amidine groups is 1. The fourth-order valence-corrected chi connectivity index (χ4v) is 2.74. The van der Waals surface area contributed by atoms with Gasteiger partial charge in [-0.05, 0) is 25.1 Å². The number of hydrogen-bond acceptors (Lipinski definition) is 5. The monoisotopic (exact) mass is 328 g/mol. The van der Waals surface area contributed by atoms with E-state index >= 15 is 0 Å². The molecule has 0 fully saturated rings. The fraction of sp³-hybridized carbons (Fsp3) is 0.200. The quantitative estimate of drug-likeness (QED) is 0.682. The van der Waals surface area contributed by atoms with Crippen LogP contribution in [0.4, 0.5) is 14.9 Å². The summed E-state index contributed by atoms with van der Waals surface area (Å²) in [6.45, 7) is 1.76. The highest BCUT2D eigenvalue weighted by Gasteiger charge is 2.37. The number of carboxylic acid groups (broad SMARTS) is 1. The summed E-state index contributed by atoms with van der Waals surface area (Å²) in [4.78, 5) is 19.4. The number of nitrogens with zero attached hydrogens (tertiary/aromatic N) is 4. The predicted octanol–water partition coefficient (Wildman–Crippen LogP) is 1.42. The summed E-state index contributed by atoms with van der Waals surface area (Å²) in [6, 6.07) is 6.08. The highest BCUT2D eigenvalue weighted by atomic mass is 19.1. The maximum Gasteiger partial charge on any atom is 0.410 e. The first-order valence-corrected chi connectivity index (χ1v) is 6.95. The lowest BCUT2D eigenvalue weighted by Gasteiger charge is -2.32. The molecule has 8 nitrogen and oxygen atoms in total. The average molecular weight is 328 g/mol. The van der Waals surface area contributed by atoms with Crippen molar-refractivity contribution >= 4 is 17.6 Å². The Balaban J connectivity index is 2.20. The van der Waals surface area contributed by atoms with Crippen molar-refractivity contribution in [2.45, 2.75) is 19.0 Å². The van der Waals surface area contributed by atoms with E-state index < -0.39 is 17.4 Å². The number of anilines is 1. The molecule has 122 valence electrons. The Morgan fingerprint density at radius 1 is 1.58 bits per heavy atom. The average Bonchev–Trinajstić information content (AvgIpc) is 2.91. The minimum atomic E-state index is -1.33. The van der Waals surface area contributed by atoms with Gasteiger partial charge in [0.1, 0.15) is 23.1 Å². The molecule has 1 amide bonds. The van der Waals surface area contributed by atoms with E-state index in [1.807, 2.05) is 6.07 Å². The van der Waals surface area contributed by atoms with Crippen molar-refractivity contribution < 1.29 is 14.3 Å². The van der Waals surface area contributed by atoms with Gasteiger partial charge in [0.05, 0.1) is 12.7 Å². The van der Waals surface area contributed by atoms with Gasteiger partial charge in [-0.25, -0.2) is 14.2 Å². The van der Waals surface area contributed by atoms with Crippen LogP contribution in [-0.2, 0) is 12.1 Å². The highest BCUT2D eigenvalue weighted by molar-refractivity contribution is 6.04. The SMILES string of the molecule is CC1(c2cc(N)ccc2F)Cn2c(C#N)cnc2C(NC(=O)O)=N1. The molecule has 1 atom stereocenters. The molecule has 9 heteroatoms. The van der Waals surface area contributed by atoms with Crippen LogP contribution in [0.5, 0.6) is 0 Å². The number of nitrogens with two attached hydrogens (primary N) is 1. The molecule has 3 rings (SSSR count). The van der Waals surface area contributed by atoms with Crippen LogP contribution in [0, 0.1) is 17.1 Å². The van der Waals surface area contributed by atoms with Gasteiger partial charge in [-0.3, -0.25) is 10.3 Å². The van der Waals surface area contributed by atoms with Gasteiger partial charge in [-0.1, -0.05) is 0 Å². The maximum atomic E-state index is 14.3. The van der Waals surface area contributed by atoms with Gasteiger partial charge >= 0.3 is 6.09 Å². The number of imidazole rings is 1. The number of nitrogen functional groups attached to an aromatic ring is 1. The lowest BCUT2D eigenvalue weighted by Crippen LogP contribution is -2.42. The molecule has 0 radical (unpaired) electrons. The number of fused-ring (bicyclic) bond motifs is 1. The first-order chi connectivity index (χ1) is 11.3. The minimum absolute atomic E-state index is 0.0559. The zero-order chi connectivity index (χ0) is 17.5. The van der Waals surface area contributed by atoms with Crippen LogP contribution < -0.4 is 11.1 Å². The number of benzene rings is 1. The summed E-state index contributed by atoms with van der Waals surface area (Å²) in [7, 11) is 0. The number of aliphatic imine (C=N–C) groups is 1. The third kappa shape index (κ3) is 2.44. The second kappa shape index (κ2) is 5.34. The van der Waals surface area contributed by atoms with Crippen LogP contribution in [0.25, 0.3) is 0 Å². The van der Waals surface area contributed by atoms with E-state index in [4.69, 9.17) is 10.8 Å². The molecule has 0 bridgehead atoms. The molecule has 0 saturated carbocycles. The molecular formula is C15H13FN6O2. The van der Waals surface area contributed by atoms with Crippen molar-refractivity contribution in [2.75, 3.05) is 5.73 Å². The van der Waals surface area contributed by atoms with Crippen LogP contribution in [0.1, 0.15) is 24.0 Å². The van der Waals surface area contributed by atoms with E-state index in [0.29, 0.717) is 5.69 Å². The summed E-state index contributed by atoms with van der Waals surface area (Å²) in [5.41, 5.74) is 5.37. The topological polar surface area (TPSA) is 129 Å². The molecule has 0 saturated heterocycles. The third-order valence-electron chi connectivity index (χ3n) is 3.80. The lowest BCUT2D eigenvalue weighted by molar-refractivity contribution is 0.200. The molecule has 2 aromatic rings. The maximum absolute atomic E-state index is 14.3. The Morgan fingerprint density at radius 2 is 2.33 bits per heavy atom. The molecule has 2 heterocycles. The zero-order valence-corrected chi connectivity index (χ0v) is 12.6. The largest absolute Gasteiger partial charge is 0.465 e. The van der Waals surface area contributed by atoms with Gasteiger partial charge in [-0.2, -0.15) is 5.26 Å². The first kappa shape index (κ1) is 15.5. The van der Waals surface area contributed by atoms with Crippen molar-refractivity contribution in [3.63, 3.8) is 0 Å². The van der Waals surface area contributed by atoms with Crippen molar-refractivity contribution in [2.24, 2.45) is 4.99 Å². The summed E-state index contributed by atoms with van der Waals surface area (Å²) in [5, 5.41) is 20.4. The van der Waals surface area contributed by atoms with Crippen molar-refractivity contribution in [3.8, 4) is 6.07 Å².